The summed E-state index contributed by atoms with van der Waals surface area (Å²) in [6.45, 7) is 5.46. The fourth-order valence-electron chi connectivity index (χ4n) is 2.28. The molecule has 1 aliphatic rings. The predicted molar refractivity (Wildman–Crippen MR) is 65.1 cm³/mol. The van der Waals surface area contributed by atoms with E-state index in [4.69, 9.17) is 0 Å². The second-order valence-electron chi connectivity index (χ2n) is 4.48. The van der Waals surface area contributed by atoms with Crippen molar-refractivity contribution in [1.82, 2.24) is 10.3 Å². The minimum atomic E-state index is 0.719. The van der Waals surface area contributed by atoms with Gasteiger partial charge in [0.2, 0.25) is 0 Å². The first-order valence-electron chi connectivity index (χ1n) is 5.96. The van der Waals surface area contributed by atoms with Crippen LogP contribution in [0.5, 0.6) is 0 Å². The highest BCUT2D eigenvalue weighted by Crippen LogP contribution is 2.25. The van der Waals surface area contributed by atoms with Gasteiger partial charge in [0.1, 0.15) is 0 Å². The van der Waals surface area contributed by atoms with Crippen LogP contribution in [0.4, 0.5) is 0 Å². The van der Waals surface area contributed by atoms with Gasteiger partial charge in [-0.3, -0.25) is 0 Å². The van der Waals surface area contributed by atoms with Crippen molar-refractivity contribution in [2.75, 3.05) is 0 Å². The van der Waals surface area contributed by atoms with Crippen LogP contribution in [0.25, 0.3) is 0 Å². The smallest absolute Gasteiger partial charge is 0.0926 e. The van der Waals surface area contributed by atoms with Crippen LogP contribution >= 0.6 is 11.3 Å². The van der Waals surface area contributed by atoms with Gasteiger partial charge in [-0.2, -0.15) is 0 Å². The van der Waals surface area contributed by atoms with Gasteiger partial charge >= 0.3 is 0 Å². The number of rotatable bonds is 4. The lowest BCUT2D eigenvalue weighted by Gasteiger charge is -2.16. The third-order valence-corrected chi connectivity index (χ3v) is 4.35. The average Bonchev–Trinajstić information content (AvgIpc) is 2.84. The van der Waals surface area contributed by atoms with E-state index in [1.807, 2.05) is 0 Å². The number of hydrogen-bond acceptors (Lipinski definition) is 3. The Morgan fingerprint density at radius 3 is 3.00 bits per heavy atom. The van der Waals surface area contributed by atoms with Crippen LogP contribution < -0.4 is 5.32 Å². The normalized spacial score (nSPS) is 26.0. The Labute approximate surface area is 96.1 Å². The maximum Gasteiger partial charge on any atom is 0.0926 e. The van der Waals surface area contributed by atoms with Gasteiger partial charge in [0.05, 0.1) is 10.7 Å². The van der Waals surface area contributed by atoms with Crippen LogP contribution in [-0.4, -0.2) is 11.0 Å². The summed E-state index contributed by atoms with van der Waals surface area (Å²) in [4.78, 5) is 4.57. The van der Waals surface area contributed by atoms with Gasteiger partial charge in [-0.05, 0) is 25.2 Å². The summed E-state index contributed by atoms with van der Waals surface area (Å²) < 4.78 is 0. The molecule has 2 rings (SSSR count). The average molecular weight is 224 g/mol. The maximum absolute atomic E-state index is 4.57. The number of nitrogens with zero attached hydrogens (tertiary/aromatic N) is 1. The second kappa shape index (κ2) is 5.08. The van der Waals surface area contributed by atoms with E-state index in [2.05, 4.69) is 29.5 Å². The minimum absolute atomic E-state index is 0.719. The lowest BCUT2D eigenvalue weighted by molar-refractivity contribution is 0.424. The van der Waals surface area contributed by atoms with E-state index >= 15 is 0 Å². The Hall–Kier alpha value is -0.410. The molecular weight excluding hydrogens is 204 g/mol. The molecule has 1 aliphatic carbocycles. The summed E-state index contributed by atoms with van der Waals surface area (Å²) in [7, 11) is 0. The lowest BCUT2D eigenvalue weighted by atomic mass is 10.1. The summed E-state index contributed by atoms with van der Waals surface area (Å²) in [6.07, 6.45) is 5.17. The Kier molecular flexibility index (Phi) is 3.76. The zero-order valence-corrected chi connectivity index (χ0v) is 10.4. The summed E-state index contributed by atoms with van der Waals surface area (Å²) in [5.41, 5.74) is 1.22. The Balaban J connectivity index is 1.82. The molecule has 1 aromatic heterocycles. The molecule has 84 valence electrons. The Morgan fingerprint density at radius 2 is 2.40 bits per heavy atom. The van der Waals surface area contributed by atoms with E-state index in [0.717, 1.165) is 24.9 Å². The molecule has 2 unspecified atom stereocenters. The summed E-state index contributed by atoms with van der Waals surface area (Å²) in [5.74, 6) is 0.842. The highest BCUT2D eigenvalue weighted by Gasteiger charge is 2.22. The summed E-state index contributed by atoms with van der Waals surface area (Å²) >= 11 is 1.78. The molecule has 0 amide bonds. The predicted octanol–water partition coefficient (Wildman–Crippen LogP) is 2.98. The van der Waals surface area contributed by atoms with Gasteiger partial charge in [-0.15, -0.1) is 11.3 Å². The lowest BCUT2D eigenvalue weighted by Crippen LogP contribution is -2.30. The minimum Gasteiger partial charge on any atom is -0.308 e. The topological polar surface area (TPSA) is 24.9 Å². The molecule has 3 heteroatoms. The molecule has 0 spiro atoms. The first-order valence-corrected chi connectivity index (χ1v) is 6.84. The Bertz CT molecular complexity index is 308. The first-order chi connectivity index (χ1) is 7.29. The quantitative estimate of drug-likeness (QED) is 0.850. The third kappa shape index (κ3) is 2.79. The number of aryl methyl sites for hydroxylation is 1. The molecule has 0 radical (unpaired) electrons. The largest absolute Gasteiger partial charge is 0.308 e. The molecule has 0 aromatic carbocycles. The number of nitrogens with one attached hydrogen (secondary N) is 1. The number of aromatic nitrogens is 1. The monoisotopic (exact) mass is 224 g/mol. The highest BCUT2D eigenvalue weighted by atomic mass is 32.1. The van der Waals surface area contributed by atoms with Crippen LogP contribution in [-0.2, 0) is 13.0 Å². The molecule has 0 saturated heterocycles. The SMILES string of the molecule is CCc1nc(CNC2CCCC2C)cs1. The molecule has 2 atom stereocenters. The summed E-state index contributed by atoms with van der Waals surface area (Å²) in [6, 6.07) is 0.719. The van der Waals surface area contributed by atoms with E-state index in [1.54, 1.807) is 11.3 Å². The van der Waals surface area contributed by atoms with Crippen molar-refractivity contribution in [3.05, 3.63) is 16.1 Å². The standard InChI is InChI=1S/C12H20N2S/c1-3-12-14-10(8-15-12)7-13-11-6-4-5-9(11)2/h8-9,11,13H,3-7H2,1-2H3. The van der Waals surface area contributed by atoms with E-state index < -0.39 is 0 Å². The van der Waals surface area contributed by atoms with Gasteiger partial charge < -0.3 is 5.32 Å². The van der Waals surface area contributed by atoms with Gasteiger partial charge in [0.15, 0.2) is 0 Å². The van der Waals surface area contributed by atoms with Crippen molar-refractivity contribution in [2.24, 2.45) is 5.92 Å². The van der Waals surface area contributed by atoms with Crippen LogP contribution in [0.15, 0.2) is 5.38 Å². The van der Waals surface area contributed by atoms with Crippen molar-refractivity contribution in [3.8, 4) is 0 Å². The molecule has 1 N–H and O–H groups in total. The van der Waals surface area contributed by atoms with Gasteiger partial charge in [0.25, 0.3) is 0 Å². The van der Waals surface area contributed by atoms with E-state index in [9.17, 15) is 0 Å². The first kappa shape index (κ1) is 11.1. The van der Waals surface area contributed by atoms with E-state index in [0.29, 0.717) is 0 Å². The van der Waals surface area contributed by atoms with Crippen molar-refractivity contribution in [1.29, 1.82) is 0 Å². The van der Waals surface area contributed by atoms with Crippen molar-refractivity contribution in [2.45, 2.75) is 52.1 Å². The highest BCUT2D eigenvalue weighted by molar-refractivity contribution is 7.09. The molecule has 1 aromatic rings. The van der Waals surface area contributed by atoms with Crippen molar-refractivity contribution in [3.63, 3.8) is 0 Å². The zero-order valence-electron chi connectivity index (χ0n) is 9.62. The van der Waals surface area contributed by atoms with Gasteiger partial charge in [0, 0.05) is 18.0 Å². The van der Waals surface area contributed by atoms with Crippen LogP contribution in [0.1, 0.15) is 43.8 Å². The molecule has 0 aliphatic heterocycles. The summed E-state index contributed by atoms with van der Waals surface area (Å²) in [5, 5.41) is 7.07. The van der Waals surface area contributed by atoms with Crippen molar-refractivity contribution >= 4 is 11.3 Å². The van der Waals surface area contributed by atoms with Crippen molar-refractivity contribution < 1.29 is 0 Å². The van der Waals surface area contributed by atoms with Crippen LogP contribution in [0.3, 0.4) is 0 Å². The Morgan fingerprint density at radius 1 is 1.53 bits per heavy atom. The van der Waals surface area contributed by atoms with E-state index in [-0.39, 0.29) is 0 Å². The number of hydrogen-bond donors (Lipinski definition) is 1. The molecule has 15 heavy (non-hydrogen) atoms. The van der Waals surface area contributed by atoms with E-state index in [1.165, 1.54) is 30.0 Å². The molecule has 0 bridgehead atoms. The molecule has 1 heterocycles. The van der Waals surface area contributed by atoms with Gasteiger partial charge in [-0.1, -0.05) is 20.3 Å². The molecule has 1 saturated carbocycles. The second-order valence-corrected chi connectivity index (χ2v) is 5.42. The third-order valence-electron chi connectivity index (χ3n) is 3.31. The van der Waals surface area contributed by atoms with Gasteiger partial charge in [-0.25, -0.2) is 4.98 Å². The molecule has 1 fully saturated rings. The maximum atomic E-state index is 4.57. The number of thiazole rings is 1. The molecular formula is C12H20N2S. The zero-order chi connectivity index (χ0) is 10.7. The van der Waals surface area contributed by atoms with Crippen LogP contribution in [0.2, 0.25) is 0 Å². The fourth-order valence-corrected chi connectivity index (χ4v) is 3.02. The fraction of sp³-hybridized carbons (Fsp3) is 0.750. The molecule has 2 nitrogen and oxygen atoms in total. The van der Waals surface area contributed by atoms with Crippen LogP contribution in [0, 0.1) is 5.92 Å².